The van der Waals surface area contributed by atoms with Crippen LogP contribution in [-0.2, 0) is 14.4 Å². The molecule has 2 atom stereocenters. The Hall–Kier alpha value is -1.27. The van der Waals surface area contributed by atoms with Gasteiger partial charge in [0.05, 0.1) is 6.04 Å². The molecule has 0 aliphatic carbocycles. The van der Waals surface area contributed by atoms with Crippen LogP contribution in [0.4, 0.5) is 0 Å². The number of carbonyl (C=O) groups excluding carboxylic acids is 3. The van der Waals surface area contributed by atoms with Gasteiger partial charge in [0.25, 0.3) is 0 Å². The topological polar surface area (TPSA) is 89.5 Å². The number of rotatable bonds is 5. The second-order valence-electron chi connectivity index (χ2n) is 3.59. The van der Waals surface area contributed by atoms with E-state index in [0.29, 0.717) is 18.0 Å². The SMILES string of the molecule is CN([O-])C(CC1CCNC1=O)C(=O)C=O. The van der Waals surface area contributed by atoms with Crippen molar-refractivity contribution in [1.29, 1.82) is 0 Å². The number of hydroxylamine groups is 2. The molecule has 1 heterocycles. The first kappa shape index (κ1) is 11.8. The Labute approximate surface area is 87.2 Å². The Bertz CT molecular complexity index is 277. The number of amides is 1. The maximum Gasteiger partial charge on any atom is 0.223 e. The highest BCUT2D eigenvalue weighted by Crippen LogP contribution is 2.18. The Morgan fingerprint density at radius 2 is 2.47 bits per heavy atom. The first-order chi connectivity index (χ1) is 7.06. The van der Waals surface area contributed by atoms with Crippen LogP contribution in [0.5, 0.6) is 0 Å². The van der Waals surface area contributed by atoms with Crippen molar-refractivity contribution in [1.82, 2.24) is 10.4 Å². The molecule has 0 bridgehead atoms. The van der Waals surface area contributed by atoms with E-state index in [1.54, 1.807) is 0 Å². The largest absolute Gasteiger partial charge is 0.785 e. The van der Waals surface area contributed by atoms with Crippen molar-refractivity contribution in [2.24, 2.45) is 5.92 Å². The molecule has 0 spiro atoms. The average molecular weight is 213 g/mol. The molecule has 6 nitrogen and oxygen atoms in total. The van der Waals surface area contributed by atoms with Crippen molar-refractivity contribution < 1.29 is 14.4 Å². The molecule has 1 aliphatic heterocycles. The van der Waals surface area contributed by atoms with Gasteiger partial charge in [-0.25, -0.2) is 0 Å². The number of hydrogen-bond acceptors (Lipinski definition) is 5. The molecule has 84 valence electrons. The number of nitrogens with one attached hydrogen (secondary N) is 1. The van der Waals surface area contributed by atoms with Gasteiger partial charge in [-0.15, -0.1) is 0 Å². The predicted molar refractivity (Wildman–Crippen MR) is 51.7 cm³/mol. The Morgan fingerprint density at radius 1 is 1.80 bits per heavy atom. The molecule has 1 N–H and O–H groups in total. The second-order valence-corrected chi connectivity index (χ2v) is 3.59. The number of carbonyl (C=O) groups is 3. The molecule has 1 amide bonds. The van der Waals surface area contributed by atoms with E-state index < -0.39 is 11.8 Å². The van der Waals surface area contributed by atoms with Crippen LogP contribution in [0.3, 0.4) is 0 Å². The third kappa shape index (κ3) is 2.84. The lowest BCUT2D eigenvalue weighted by Gasteiger charge is -2.31. The van der Waals surface area contributed by atoms with Crippen LogP contribution >= 0.6 is 0 Å². The van der Waals surface area contributed by atoms with Gasteiger partial charge in [0.1, 0.15) is 0 Å². The maximum atomic E-state index is 11.2. The van der Waals surface area contributed by atoms with E-state index in [1.165, 1.54) is 7.05 Å². The number of ketones is 1. The van der Waals surface area contributed by atoms with Crippen molar-refractivity contribution in [2.45, 2.75) is 18.9 Å². The van der Waals surface area contributed by atoms with Gasteiger partial charge in [0.2, 0.25) is 11.7 Å². The maximum absolute atomic E-state index is 11.2. The monoisotopic (exact) mass is 213 g/mol. The lowest BCUT2D eigenvalue weighted by Crippen LogP contribution is -2.38. The van der Waals surface area contributed by atoms with Crippen molar-refractivity contribution in [3.8, 4) is 0 Å². The van der Waals surface area contributed by atoms with Crippen LogP contribution < -0.4 is 5.32 Å². The molecule has 15 heavy (non-hydrogen) atoms. The quantitative estimate of drug-likeness (QED) is 0.362. The van der Waals surface area contributed by atoms with Gasteiger partial charge < -0.3 is 15.6 Å². The summed E-state index contributed by atoms with van der Waals surface area (Å²) in [6.07, 6.45) is 0.852. The third-order valence-corrected chi connectivity index (χ3v) is 2.55. The molecule has 0 radical (unpaired) electrons. The lowest BCUT2D eigenvalue weighted by molar-refractivity contribution is -0.133. The van der Waals surface area contributed by atoms with Crippen LogP contribution in [-0.4, -0.2) is 42.7 Å². The highest BCUT2D eigenvalue weighted by Gasteiger charge is 2.29. The van der Waals surface area contributed by atoms with Crippen LogP contribution in [0.25, 0.3) is 0 Å². The number of nitrogens with zero attached hydrogens (tertiary/aromatic N) is 1. The molecule has 0 aromatic carbocycles. The molecule has 0 saturated carbocycles. The smallest absolute Gasteiger partial charge is 0.223 e. The summed E-state index contributed by atoms with van der Waals surface area (Å²) in [5.41, 5.74) is 0. The van der Waals surface area contributed by atoms with Crippen molar-refractivity contribution >= 4 is 18.0 Å². The van der Waals surface area contributed by atoms with Gasteiger partial charge in [-0.3, -0.25) is 14.4 Å². The Kier molecular flexibility index (Phi) is 3.93. The summed E-state index contributed by atoms with van der Waals surface area (Å²) >= 11 is 0. The number of likely N-dealkylation sites (N-methyl/N-ethyl adjacent to an activating group) is 1. The molecular formula is C9H13N2O4-. The zero-order valence-electron chi connectivity index (χ0n) is 8.43. The van der Waals surface area contributed by atoms with E-state index in [1.807, 2.05) is 0 Å². The highest BCUT2D eigenvalue weighted by molar-refractivity contribution is 6.27. The summed E-state index contributed by atoms with van der Waals surface area (Å²) in [5, 5.41) is 14.1. The fraction of sp³-hybridized carbons (Fsp3) is 0.667. The number of Topliss-reactive ketones (excluding diaryl/α,β-unsaturated/α-hetero) is 1. The summed E-state index contributed by atoms with van der Waals surface area (Å²) in [7, 11) is 1.18. The van der Waals surface area contributed by atoms with Crippen LogP contribution in [0, 0.1) is 11.1 Å². The summed E-state index contributed by atoms with van der Waals surface area (Å²) in [6.45, 7) is 0.564. The summed E-state index contributed by atoms with van der Waals surface area (Å²) in [6, 6.07) is -1.03. The summed E-state index contributed by atoms with van der Waals surface area (Å²) < 4.78 is 0. The molecule has 0 aromatic rings. The van der Waals surface area contributed by atoms with Gasteiger partial charge in [0.15, 0.2) is 6.29 Å². The van der Waals surface area contributed by atoms with Crippen LogP contribution in [0.1, 0.15) is 12.8 Å². The van der Waals surface area contributed by atoms with Gasteiger partial charge >= 0.3 is 0 Å². The van der Waals surface area contributed by atoms with Crippen molar-refractivity contribution in [2.75, 3.05) is 13.6 Å². The molecule has 1 aliphatic rings. The molecule has 1 rings (SSSR count). The Morgan fingerprint density at radius 3 is 2.87 bits per heavy atom. The molecular weight excluding hydrogens is 200 g/mol. The number of aldehydes is 1. The molecule has 6 heteroatoms. The minimum absolute atomic E-state index is 0.114. The number of hydrogen-bond donors (Lipinski definition) is 1. The zero-order chi connectivity index (χ0) is 11.4. The van der Waals surface area contributed by atoms with E-state index in [-0.39, 0.29) is 24.5 Å². The molecule has 2 unspecified atom stereocenters. The summed E-state index contributed by atoms with van der Waals surface area (Å²) in [4.78, 5) is 32.6. The predicted octanol–water partition coefficient (Wildman–Crippen LogP) is -0.921. The van der Waals surface area contributed by atoms with E-state index in [2.05, 4.69) is 5.32 Å². The minimum atomic E-state index is -1.03. The minimum Gasteiger partial charge on any atom is -0.785 e. The van der Waals surface area contributed by atoms with Crippen LogP contribution in [0.2, 0.25) is 0 Å². The highest BCUT2D eigenvalue weighted by atomic mass is 16.5. The van der Waals surface area contributed by atoms with Crippen LogP contribution in [0.15, 0.2) is 0 Å². The molecule has 1 fully saturated rings. The normalized spacial score (nSPS) is 22.6. The fourth-order valence-corrected chi connectivity index (χ4v) is 1.66. The lowest BCUT2D eigenvalue weighted by atomic mass is 9.96. The van der Waals surface area contributed by atoms with Crippen molar-refractivity contribution in [3.63, 3.8) is 0 Å². The first-order valence-electron chi connectivity index (χ1n) is 4.73. The zero-order valence-corrected chi connectivity index (χ0v) is 8.43. The van der Waals surface area contributed by atoms with Crippen molar-refractivity contribution in [3.05, 3.63) is 5.21 Å². The van der Waals surface area contributed by atoms with E-state index in [4.69, 9.17) is 0 Å². The van der Waals surface area contributed by atoms with E-state index in [9.17, 15) is 19.6 Å². The second kappa shape index (κ2) is 4.99. The first-order valence-corrected chi connectivity index (χ1v) is 4.73. The molecule has 1 saturated heterocycles. The van der Waals surface area contributed by atoms with Gasteiger partial charge in [-0.2, -0.15) is 0 Å². The average Bonchev–Trinajstić information content (AvgIpc) is 2.59. The standard InChI is InChI=1S/C9H13N2O4/c1-11(15)7(8(13)5-12)4-6-2-3-10-9(6)14/h5-7H,2-4H2,1H3,(H,10,14)/q-1. The van der Waals surface area contributed by atoms with Gasteiger partial charge in [-0.05, 0) is 19.9 Å². The molecule has 0 aromatic heterocycles. The summed E-state index contributed by atoms with van der Waals surface area (Å²) in [5.74, 6) is -1.26. The Balaban J connectivity index is 2.62. The van der Waals surface area contributed by atoms with Gasteiger partial charge in [-0.1, -0.05) is 0 Å². The van der Waals surface area contributed by atoms with E-state index >= 15 is 0 Å². The fourth-order valence-electron chi connectivity index (χ4n) is 1.66. The van der Waals surface area contributed by atoms with E-state index in [0.717, 1.165) is 0 Å². The van der Waals surface area contributed by atoms with Gasteiger partial charge in [0, 0.05) is 12.5 Å². The third-order valence-electron chi connectivity index (χ3n) is 2.55.